The number of hydrogen-bond acceptors (Lipinski definition) is 8. The van der Waals surface area contributed by atoms with Gasteiger partial charge in [-0.3, -0.25) is 14.5 Å². The summed E-state index contributed by atoms with van der Waals surface area (Å²) in [7, 11) is -2.77. The van der Waals surface area contributed by atoms with E-state index in [1.165, 1.54) is 0 Å². The molecular formula is C38H49N3O7Si. The van der Waals surface area contributed by atoms with Crippen LogP contribution in [0.1, 0.15) is 49.8 Å². The number of aliphatic hydroxyl groups excluding tert-OH is 2. The van der Waals surface area contributed by atoms with Crippen molar-refractivity contribution in [3.63, 3.8) is 0 Å². The van der Waals surface area contributed by atoms with Crippen molar-refractivity contribution in [3.05, 3.63) is 83.4 Å². The zero-order valence-corrected chi connectivity index (χ0v) is 29.9. The summed E-state index contributed by atoms with van der Waals surface area (Å²) in [4.78, 5) is 43.3. The highest BCUT2D eigenvalue weighted by Crippen LogP contribution is 2.59. The first-order valence-electron chi connectivity index (χ1n) is 17.5. The first-order chi connectivity index (χ1) is 23.5. The Labute approximate surface area is 289 Å². The number of hydrogen-bond donors (Lipinski definition) is 4. The molecule has 0 aliphatic carbocycles. The standard InChI is InChI=1S/C38H49N3O7Si/c1-5-47-29-16-17-32-27(22-29)23-31(39-19-8-9-20-42)36(44)41(32)28-14-12-26(13-15-28)24-40-33-11-7-6-10-30(33)38(37(40)45)25(2)35(49(3,4)46)34(48-38)18-21-43/h6-7,10-17,22,25,31,34-35,39,42-43,46H,5,8-9,18-21,23-24H2,1-4H3/t25-,31?,34+,35-,38+/m0/s1. The molecular weight excluding hydrogens is 639 g/mol. The highest BCUT2D eigenvalue weighted by atomic mass is 28.4. The van der Waals surface area contributed by atoms with Crippen LogP contribution in [0.15, 0.2) is 66.7 Å². The Morgan fingerprint density at radius 2 is 1.76 bits per heavy atom. The smallest absolute Gasteiger partial charge is 0.264 e. The molecule has 1 saturated heterocycles. The maximum Gasteiger partial charge on any atom is 0.264 e. The Morgan fingerprint density at radius 1 is 1.00 bits per heavy atom. The second-order valence-electron chi connectivity index (χ2n) is 14.0. The van der Waals surface area contributed by atoms with E-state index in [1.807, 2.05) is 93.7 Å². The largest absolute Gasteiger partial charge is 0.494 e. The number of fused-ring (bicyclic) bond motifs is 3. The Bertz CT molecular complexity index is 1660. The predicted molar refractivity (Wildman–Crippen MR) is 192 cm³/mol. The zero-order valence-electron chi connectivity index (χ0n) is 28.9. The third-order valence-corrected chi connectivity index (χ3v) is 12.9. The first kappa shape index (κ1) is 35.3. The summed E-state index contributed by atoms with van der Waals surface area (Å²) in [5, 5.41) is 22.4. The lowest BCUT2D eigenvalue weighted by Crippen LogP contribution is -2.49. The third-order valence-electron chi connectivity index (χ3n) is 10.4. The molecule has 3 aromatic carbocycles. The van der Waals surface area contributed by atoms with Crippen LogP contribution in [-0.4, -0.2) is 73.7 Å². The van der Waals surface area contributed by atoms with Crippen LogP contribution in [0.3, 0.4) is 0 Å². The van der Waals surface area contributed by atoms with Gasteiger partial charge in [0.2, 0.25) is 5.91 Å². The second-order valence-corrected chi connectivity index (χ2v) is 18.0. The van der Waals surface area contributed by atoms with Crippen LogP contribution in [0, 0.1) is 5.92 Å². The first-order valence-corrected chi connectivity index (χ1v) is 20.5. The van der Waals surface area contributed by atoms with Gasteiger partial charge < -0.3 is 34.7 Å². The van der Waals surface area contributed by atoms with E-state index < -0.39 is 26.1 Å². The summed E-state index contributed by atoms with van der Waals surface area (Å²) in [5.74, 6) is 0.274. The van der Waals surface area contributed by atoms with Crippen molar-refractivity contribution in [3.8, 4) is 5.75 Å². The Balaban J connectivity index is 1.28. The highest BCUT2D eigenvalue weighted by Gasteiger charge is 2.66. The molecule has 3 aliphatic rings. The number of benzene rings is 3. The van der Waals surface area contributed by atoms with Crippen LogP contribution < -0.4 is 19.9 Å². The summed E-state index contributed by atoms with van der Waals surface area (Å²) in [6, 6.07) is 20.9. The molecule has 3 aliphatic heterocycles. The van der Waals surface area contributed by atoms with Gasteiger partial charge in [-0.25, -0.2) is 0 Å². The molecule has 2 amide bonds. The molecule has 0 aromatic heterocycles. The fourth-order valence-corrected chi connectivity index (χ4v) is 10.8. The lowest BCUT2D eigenvalue weighted by atomic mass is 9.82. The topological polar surface area (TPSA) is 132 Å². The Morgan fingerprint density at radius 3 is 2.45 bits per heavy atom. The number of ether oxygens (including phenoxy) is 2. The third kappa shape index (κ3) is 6.44. The van der Waals surface area contributed by atoms with Crippen molar-refractivity contribution in [1.82, 2.24) is 5.32 Å². The molecule has 11 heteroatoms. The molecule has 1 spiro atoms. The van der Waals surface area contributed by atoms with Crippen molar-refractivity contribution in [1.29, 1.82) is 0 Å². The van der Waals surface area contributed by atoms with Crippen molar-refractivity contribution in [2.24, 2.45) is 5.92 Å². The van der Waals surface area contributed by atoms with Crippen LogP contribution in [0.25, 0.3) is 0 Å². The van der Waals surface area contributed by atoms with Crippen LogP contribution >= 0.6 is 0 Å². The fraction of sp³-hybridized carbons (Fsp3) is 0.474. The van der Waals surface area contributed by atoms with Gasteiger partial charge in [-0.2, -0.15) is 0 Å². The summed E-state index contributed by atoms with van der Waals surface area (Å²) in [6.45, 7) is 9.22. The summed E-state index contributed by atoms with van der Waals surface area (Å²) < 4.78 is 12.4. The van der Waals surface area contributed by atoms with E-state index in [1.54, 1.807) is 9.80 Å². The molecule has 5 atom stereocenters. The minimum Gasteiger partial charge on any atom is -0.494 e. The van der Waals surface area contributed by atoms with Crippen LogP contribution in [0.4, 0.5) is 17.1 Å². The van der Waals surface area contributed by atoms with E-state index in [4.69, 9.17) is 9.47 Å². The van der Waals surface area contributed by atoms with Gasteiger partial charge in [0.1, 0.15) is 5.75 Å². The predicted octanol–water partition coefficient (Wildman–Crippen LogP) is 4.76. The number of nitrogens with one attached hydrogen (secondary N) is 1. The molecule has 3 heterocycles. The maximum absolute atomic E-state index is 14.5. The van der Waals surface area contributed by atoms with Gasteiger partial charge in [0.25, 0.3) is 5.91 Å². The SMILES string of the molecule is CCOc1ccc2c(c1)CC(NCCCCO)C(=O)N2c1ccc(CN2C(=O)[C@]3(O[C@H](CCO)[C@@H]([Si](C)(C)O)[C@@H]3C)c3ccccc32)cc1. The molecule has 0 saturated carbocycles. The maximum atomic E-state index is 14.5. The molecule has 4 N–H and O–H groups in total. The molecule has 1 fully saturated rings. The molecule has 10 nitrogen and oxygen atoms in total. The van der Waals surface area contributed by atoms with Gasteiger partial charge in [0.15, 0.2) is 13.9 Å². The average Bonchev–Trinajstić information content (AvgIpc) is 3.50. The molecule has 0 radical (unpaired) electrons. The van der Waals surface area contributed by atoms with Crippen LogP contribution in [-0.2, 0) is 32.9 Å². The van der Waals surface area contributed by atoms with Gasteiger partial charge in [0, 0.05) is 35.9 Å². The Kier molecular flexibility index (Phi) is 10.3. The molecule has 49 heavy (non-hydrogen) atoms. The van der Waals surface area contributed by atoms with Crippen molar-refractivity contribution < 1.29 is 34.1 Å². The molecule has 1 unspecified atom stereocenters. The number of nitrogens with zero attached hydrogens (tertiary/aromatic N) is 2. The summed E-state index contributed by atoms with van der Waals surface area (Å²) in [6.07, 6.45) is 1.91. The van der Waals surface area contributed by atoms with E-state index >= 15 is 0 Å². The normalized spacial score (nSPS) is 24.9. The monoisotopic (exact) mass is 687 g/mol. The van der Waals surface area contributed by atoms with Gasteiger partial charge >= 0.3 is 0 Å². The van der Waals surface area contributed by atoms with Gasteiger partial charge in [0.05, 0.1) is 36.7 Å². The number of para-hydroxylation sites is 1. The van der Waals surface area contributed by atoms with Crippen molar-refractivity contribution >= 4 is 37.2 Å². The number of aliphatic hydroxyl groups is 2. The minimum atomic E-state index is -2.77. The van der Waals surface area contributed by atoms with Gasteiger partial charge in [-0.15, -0.1) is 0 Å². The molecule has 6 rings (SSSR count). The molecule has 3 aromatic rings. The van der Waals surface area contributed by atoms with Crippen LogP contribution in [0.5, 0.6) is 5.75 Å². The number of carbonyl (C=O) groups excluding carboxylic acids is 2. The minimum absolute atomic E-state index is 0.0475. The summed E-state index contributed by atoms with van der Waals surface area (Å²) in [5.41, 5.74) is 3.56. The van der Waals surface area contributed by atoms with E-state index in [-0.39, 0.29) is 36.5 Å². The molecule has 262 valence electrons. The van der Waals surface area contributed by atoms with E-state index in [9.17, 15) is 24.6 Å². The van der Waals surface area contributed by atoms with Crippen molar-refractivity contribution in [2.45, 2.75) is 82.5 Å². The number of unbranched alkanes of at least 4 members (excludes halogenated alkanes) is 1. The lowest BCUT2D eigenvalue weighted by molar-refractivity contribution is -0.146. The number of amides is 2. The van der Waals surface area contributed by atoms with E-state index in [0.717, 1.165) is 45.9 Å². The highest BCUT2D eigenvalue weighted by molar-refractivity contribution is 6.71. The van der Waals surface area contributed by atoms with E-state index in [2.05, 4.69) is 5.32 Å². The second kappa shape index (κ2) is 14.3. The zero-order chi connectivity index (χ0) is 34.9. The number of carbonyl (C=O) groups is 2. The number of anilines is 3. The van der Waals surface area contributed by atoms with E-state index in [0.29, 0.717) is 39.0 Å². The average molecular weight is 688 g/mol. The van der Waals surface area contributed by atoms with Crippen molar-refractivity contribution in [2.75, 3.05) is 36.2 Å². The molecule has 0 bridgehead atoms. The van der Waals surface area contributed by atoms with Crippen LogP contribution in [0.2, 0.25) is 18.6 Å². The van der Waals surface area contributed by atoms with Gasteiger partial charge in [-0.05, 0) is 99.8 Å². The quantitative estimate of drug-likeness (QED) is 0.150. The number of rotatable bonds is 13. The van der Waals surface area contributed by atoms with Gasteiger partial charge in [-0.1, -0.05) is 37.3 Å². The fourth-order valence-electron chi connectivity index (χ4n) is 8.24. The lowest BCUT2D eigenvalue weighted by Gasteiger charge is -2.35. The summed E-state index contributed by atoms with van der Waals surface area (Å²) >= 11 is 0. The Hall–Kier alpha value is -3.58.